The minimum Gasteiger partial charge on any atom is -0.462 e. The molecular formula is C26H19Cl2N3O5. The molecule has 0 bridgehead atoms. The Morgan fingerprint density at radius 2 is 1.61 bits per heavy atom. The van der Waals surface area contributed by atoms with Crippen molar-refractivity contribution in [2.75, 3.05) is 22.1 Å². The van der Waals surface area contributed by atoms with Gasteiger partial charge in [-0.1, -0.05) is 41.4 Å². The van der Waals surface area contributed by atoms with Crippen molar-refractivity contribution in [2.24, 2.45) is 0 Å². The second-order valence-electron chi connectivity index (χ2n) is 7.54. The van der Waals surface area contributed by atoms with Gasteiger partial charge in [0.1, 0.15) is 10.7 Å². The molecule has 2 N–H and O–H groups in total. The van der Waals surface area contributed by atoms with Crippen molar-refractivity contribution in [3.05, 3.63) is 99.7 Å². The highest BCUT2D eigenvalue weighted by Crippen LogP contribution is 2.30. The number of hydrogen-bond acceptors (Lipinski definition) is 6. The Bertz CT molecular complexity index is 1400. The van der Waals surface area contributed by atoms with Crippen LogP contribution in [-0.2, 0) is 14.3 Å². The Labute approximate surface area is 216 Å². The molecule has 0 radical (unpaired) electrons. The lowest BCUT2D eigenvalue weighted by molar-refractivity contribution is -0.120. The van der Waals surface area contributed by atoms with Gasteiger partial charge in [-0.05, 0) is 61.5 Å². The Hall–Kier alpha value is -4.14. The van der Waals surface area contributed by atoms with Crippen LogP contribution < -0.4 is 15.5 Å². The largest absolute Gasteiger partial charge is 0.462 e. The van der Waals surface area contributed by atoms with E-state index in [-0.39, 0.29) is 28.6 Å². The van der Waals surface area contributed by atoms with Gasteiger partial charge in [0.05, 0.1) is 28.6 Å². The zero-order chi connectivity index (χ0) is 25.8. The van der Waals surface area contributed by atoms with Gasteiger partial charge in [-0.3, -0.25) is 14.4 Å². The molecule has 1 aliphatic rings. The monoisotopic (exact) mass is 523 g/mol. The summed E-state index contributed by atoms with van der Waals surface area (Å²) in [5, 5.41) is 5.65. The third-order valence-electron chi connectivity index (χ3n) is 5.18. The van der Waals surface area contributed by atoms with Crippen molar-refractivity contribution in [1.29, 1.82) is 0 Å². The fourth-order valence-corrected chi connectivity index (χ4v) is 3.84. The molecule has 4 rings (SSSR count). The van der Waals surface area contributed by atoms with Crippen LogP contribution in [0.15, 0.2) is 83.5 Å². The third-order valence-corrected chi connectivity index (χ3v) is 5.86. The number of amides is 3. The van der Waals surface area contributed by atoms with Crippen LogP contribution in [0.5, 0.6) is 0 Å². The van der Waals surface area contributed by atoms with Crippen LogP contribution in [-0.4, -0.2) is 30.3 Å². The number of carbonyl (C=O) groups is 4. The summed E-state index contributed by atoms with van der Waals surface area (Å²) in [6.45, 7) is 1.91. The maximum absolute atomic E-state index is 13.1. The summed E-state index contributed by atoms with van der Waals surface area (Å²) >= 11 is 12.3. The van der Waals surface area contributed by atoms with Crippen LogP contribution in [0, 0.1) is 0 Å². The lowest BCUT2D eigenvalue weighted by atomic mass is 10.1. The summed E-state index contributed by atoms with van der Waals surface area (Å²) in [4.78, 5) is 51.3. The van der Waals surface area contributed by atoms with E-state index in [2.05, 4.69) is 10.6 Å². The van der Waals surface area contributed by atoms with Crippen LogP contribution in [0.2, 0.25) is 5.02 Å². The summed E-state index contributed by atoms with van der Waals surface area (Å²) in [6, 6.07) is 19.0. The van der Waals surface area contributed by atoms with Crippen molar-refractivity contribution < 1.29 is 23.9 Å². The fraction of sp³-hybridized carbons (Fsp3) is 0.0769. The maximum Gasteiger partial charge on any atom is 0.338 e. The average molecular weight is 524 g/mol. The van der Waals surface area contributed by atoms with Gasteiger partial charge < -0.3 is 15.4 Å². The van der Waals surface area contributed by atoms with Gasteiger partial charge in [0.2, 0.25) is 0 Å². The Balaban J connectivity index is 1.51. The van der Waals surface area contributed by atoms with Crippen molar-refractivity contribution >= 4 is 64.0 Å². The highest BCUT2D eigenvalue weighted by molar-refractivity contribution is 6.53. The molecule has 0 fully saturated rings. The predicted octanol–water partition coefficient (Wildman–Crippen LogP) is 5.20. The van der Waals surface area contributed by atoms with Crippen molar-refractivity contribution in [3.8, 4) is 0 Å². The number of benzene rings is 3. The molecule has 182 valence electrons. The number of anilines is 3. The van der Waals surface area contributed by atoms with Crippen molar-refractivity contribution in [1.82, 2.24) is 0 Å². The van der Waals surface area contributed by atoms with Crippen LogP contribution >= 0.6 is 23.2 Å². The van der Waals surface area contributed by atoms with E-state index < -0.39 is 23.7 Å². The number of halogens is 2. The Kier molecular flexibility index (Phi) is 7.38. The number of hydrogen-bond donors (Lipinski definition) is 2. The van der Waals surface area contributed by atoms with E-state index in [1.807, 2.05) is 0 Å². The maximum atomic E-state index is 13.1. The number of carbonyl (C=O) groups excluding carboxylic acids is 4. The fourth-order valence-electron chi connectivity index (χ4n) is 3.45. The molecule has 1 aliphatic heterocycles. The second kappa shape index (κ2) is 10.6. The normalized spacial score (nSPS) is 13.1. The molecular weight excluding hydrogens is 505 g/mol. The summed E-state index contributed by atoms with van der Waals surface area (Å²) < 4.78 is 4.94. The van der Waals surface area contributed by atoms with Crippen LogP contribution in [0.4, 0.5) is 17.1 Å². The van der Waals surface area contributed by atoms with Gasteiger partial charge in [-0.15, -0.1) is 0 Å². The van der Waals surface area contributed by atoms with Gasteiger partial charge >= 0.3 is 5.97 Å². The van der Waals surface area contributed by atoms with Crippen LogP contribution in [0.1, 0.15) is 27.6 Å². The van der Waals surface area contributed by atoms with Crippen LogP contribution in [0.3, 0.4) is 0 Å². The first-order chi connectivity index (χ1) is 17.3. The Morgan fingerprint density at radius 3 is 2.31 bits per heavy atom. The van der Waals surface area contributed by atoms with E-state index in [1.165, 1.54) is 30.3 Å². The molecule has 36 heavy (non-hydrogen) atoms. The van der Waals surface area contributed by atoms with E-state index in [0.717, 1.165) is 4.90 Å². The van der Waals surface area contributed by atoms with Crippen LogP contribution in [0.25, 0.3) is 0 Å². The molecule has 3 amide bonds. The molecule has 3 aromatic rings. The molecule has 8 nitrogen and oxygen atoms in total. The lowest BCUT2D eigenvalue weighted by Gasteiger charge is -2.15. The Morgan fingerprint density at radius 1 is 0.889 bits per heavy atom. The number of para-hydroxylation sites is 1. The zero-order valence-corrected chi connectivity index (χ0v) is 20.4. The molecule has 0 atom stereocenters. The number of esters is 1. The molecule has 0 spiro atoms. The molecule has 0 saturated heterocycles. The van der Waals surface area contributed by atoms with E-state index in [1.54, 1.807) is 49.4 Å². The second-order valence-corrected chi connectivity index (χ2v) is 8.33. The minimum atomic E-state index is -0.722. The minimum absolute atomic E-state index is 0.139. The summed E-state index contributed by atoms with van der Waals surface area (Å²) in [5.41, 5.74) is 1.49. The highest BCUT2D eigenvalue weighted by Gasteiger charge is 2.39. The first-order valence-corrected chi connectivity index (χ1v) is 11.5. The van der Waals surface area contributed by atoms with E-state index in [0.29, 0.717) is 22.0 Å². The highest BCUT2D eigenvalue weighted by atomic mass is 35.5. The van der Waals surface area contributed by atoms with Gasteiger partial charge in [0.25, 0.3) is 17.7 Å². The average Bonchev–Trinajstić information content (AvgIpc) is 3.08. The lowest BCUT2D eigenvalue weighted by Crippen LogP contribution is -2.32. The van der Waals surface area contributed by atoms with Gasteiger partial charge in [-0.25, -0.2) is 9.69 Å². The summed E-state index contributed by atoms with van der Waals surface area (Å²) in [6.07, 6.45) is 0. The van der Waals surface area contributed by atoms with E-state index >= 15 is 0 Å². The smallest absolute Gasteiger partial charge is 0.338 e. The van der Waals surface area contributed by atoms with E-state index in [9.17, 15) is 19.2 Å². The van der Waals surface area contributed by atoms with Crippen molar-refractivity contribution in [3.63, 3.8) is 0 Å². The van der Waals surface area contributed by atoms with Gasteiger partial charge in [-0.2, -0.15) is 0 Å². The number of nitrogens with zero attached hydrogens (tertiary/aromatic N) is 1. The number of imide groups is 1. The third kappa shape index (κ3) is 5.10. The molecule has 3 aromatic carbocycles. The molecule has 1 heterocycles. The topological polar surface area (TPSA) is 105 Å². The quantitative estimate of drug-likeness (QED) is 0.325. The first-order valence-electron chi connectivity index (χ1n) is 10.8. The molecule has 0 unspecified atom stereocenters. The number of rotatable bonds is 7. The molecule has 0 saturated carbocycles. The van der Waals surface area contributed by atoms with Gasteiger partial charge in [0, 0.05) is 11.3 Å². The molecule has 0 aliphatic carbocycles. The predicted molar refractivity (Wildman–Crippen MR) is 137 cm³/mol. The van der Waals surface area contributed by atoms with E-state index in [4.69, 9.17) is 27.9 Å². The SMILES string of the molecule is CCOC(=O)c1ccc(N2C(=O)C(Cl)=C(Nc3cccc(C(=O)Nc4ccccc4Cl)c3)C2=O)cc1. The summed E-state index contributed by atoms with van der Waals surface area (Å²) in [7, 11) is 0. The van der Waals surface area contributed by atoms with Gasteiger partial charge in [0.15, 0.2) is 0 Å². The first kappa shape index (κ1) is 25.0. The standard InChI is InChI=1S/C26H19Cl2N3O5/c1-2-36-26(35)15-10-12-18(13-11-15)31-24(33)21(28)22(25(31)34)29-17-7-5-6-16(14-17)23(32)30-20-9-4-3-8-19(20)27/h3-14,29H,2H2,1H3,(H,30,32). The molecule has 0 aromatic heterocycles. The molecule has 10 heteroatoms. The summed E-state index contributed by atoms with van der Waals surface area (Å²) in [5.74, 6) is -2.33. The number of ether oxygens (including phenoxy) is 1. The number of nitrogens with one attached hydrogen (secondary N) is 2. The van der Waals surface area contributed by atoms with Crippen molar-refractivity contribution in [2.45, 2.75) is 6.92 Å². The zero-order valence-electron chi connectivity index (χ0n) is 18.9.